The van der Waals surface area contributed by atoms with Crippen molar-refractivity contribution in [2.24, 2.45) is 0 Å². The summed E-state index contributed by atoms with van der Waals surface area (Å²) in [4.78, 5) is 28.5. The van der Waals surface area contributed by atoms with Gasteiger partial charge in [0, 0.05) is 37.6 Å². The molecule has 7 heteroatoms. The van der Waals surface area contributed by atoms with Crippen molar-refractivity contribution < 1.29 is 14.3 Å². The van der Waals surface area contributed by atoms with Gasteiger partial charge in [0.25, 0.3) is 5.91 Å². The number of aryl methyl sites for hydroxylation is 2. The molecule has 6 nitrogen and oxygen atoms in total. The number of benzene rings is 2. The standard InChI is InChI=1S/C23H28ClN3O3/c1-4-22(29)27-11-9-26(10-12-27)20-8-6-5-7-19(20)25-21(28)15-30-18-13-16(2)23(24)17(3)14-18/h5-8,13-14H,4,9-12,15H2,1-3H3,(H,25,28). The Morgan fingerprint density at radius 3 is 2.33 bits per heavy atom. The first kappa shape index (κ1) is 22.0. The molecule has 2 aromatic rings. The van der Waals surface area contributed by atoms with Gasteiger partial charge in [-0.3, -0.25) is 9.59 Å². The molecular weight excluding hydrogens is 402 g/mol. The van der Waals surface area contributed by atoms with Crippen LogP contribution in [0.2, 0.25) is 5.02 Å². The highest BCUT2D eigenvalue weighted by Gasteiger charge is 2.22. The predicted octanol–water partition coefficient (Wildman–Crippen LogP) is 4.03. The monoisotopic (exact) mass is 429 g/mol. The molecule has 1 fully saturated rings. The molecule has 1 saturated heterocycles. The van der Waals surface area contributed by atoms with Crippen molar-refractivity contribution in [2.45, 2.75) is 27.2 Å². The third-order valence-corrected chi connectivity index (χ3v) is 5.83. The van der Waals surface area contributed by atoms with Gasteiger partial charge in [0.15, 0.2) is 6.61 Å². The topological polar surface area (TPSA) is 61.9 Å². The van der Waals surface area contributed by atoms with E-state index >= 15 is 0 Å². The largest absolute Gasteiger partial charge is 0.484 e. The lowest BCUT2D eigenvalue weighted by atomic mass is 10.1. The van der Waals surface area contributed by atoms with Crippen molar-refractivity contribution in [3.63, 3.8) is 0 Å². The van der Waals surface area contributed by atoms with E-state index in [2.05, 4.69) is 10.2 Å². The summed E-state index contributed by atoms with van der Waals surface area (Å²) >= 11 is 6.18. The van der Waals surface area contributed by atoms with Gasteiger partial charge in [-0.2, -0.15) is 0 Å². The molecule has 0 saturated carbocycles. The highest BCUT2D eigenvalue weighted by molar-refractivity contribution is 6.32. The number of para-hydroxylation sites is 2. The number of anilines is 2. The van der Waals surface area contributed by atoms with Crippen LogP contribution in [-0.2, 0) is 9.59 Å². The number of amides is 2. The summed E-state index contributed by atoms with van der Waals surface area (Å²) in [6.45, 7) is 8.46. The molecular formula is C23H28ClN3O3. The number of hydrogen-bond donors (Lipinski definition) is 1. The van der Waals surface area contributed by atoms with Crippen molar-refractivity contribution in [1.82, 2.24) is 4.90 Å². The van der Waals surface area contributed by atoms with E-state index in [1.54, 1.807) is 0 Å². The van der Waals surface area contributed by atoms with Crippen LogP contribution in [0.3, 0.4) is 0 Å². The lowest BCUT2D eigenvalue weighted by Crippen LogP contribution is -2.48. The minimum absolute atomic E-state index is 0.0897. The number of nitrogens with zero attached hydrogens (tertiary/aromatic N) is 2. The van der Waals surface area contributed by atoms with Gasteiger partial charge in [0.1, 0.15) is 5.75 Å². The molecule has 160 valence electrons. The second kappa shape index (κ2) is 9.85. The average molecular weight is 430 g/mol. The number of nitrogens with one attached hydrogen (secondary N) is 1. The van der Waals surface area contributed by atoms with Crippen LogP contribution in [0.4, 0.5) is 11.4 Å². The molecule has 1 N–H and O–H groups in total. The highest BCUT2D eigenvalue weighted by atomic mass is 35.5. The molecule has 1 heterocycles. The number of ether oxygens (including phenoxy) is 1. The third-order valence-electron chi connectivity index (χ3n) is 5.23. The number of piperazine rings is 1. The van der Waals surface area contributed by atoms with E-state index in [9.17, 15) is 9.59 Å². The van der Waals surface area contributed by atoms with Crippen molar-refractivity contribution in [3.8, 4) is 5.75 Å². The summed E-state index contributed by atoms with van der Waals surface area (Å²) in [5.74, 6) is 0.572. The summed E-state index contributed by atoms with van der Waals surface area (Å²) in [6.07, 6.45) is 0.527. The fourth-order valence-corrected chi connectivity index (χ4v) is 3.71. The van der Waals surface area contributed by atoms with Crippen LogP contribution in [0, 0.1) is 13.8 Å². The molecule has 0 aliphatic carbocycles. The molecule has 0 radical (unpaired) electrons. The zero-order valence-electron chi connectivity index (χ0n) is 17.7. The van der Waals surface area contributed by atoms with Gasteiger partial charge in [-0.05, 0) is 49.2 Å². The fourth-order valence-electron chi connectivity index (χ4n) is 3.60. The molecule has 0 spiro atoms. The molecule has 0 atom stereocenters. The number of carbonyl (C=O) groups excluding carboxylic acids is 2. The van der Waals surface area contributed by atoms with E-state index in [1.807, 2.05) is 62.1 Å². The summed E-state index contributed by atoms with van der Waals surface area (Å²) in [5.41, 5.74) is 3.52. The molecule has 0 unspecified atom stereocenters. The first-order valence-corrected chi connectivity index (χ1v) is 10.6. The van der Waals surface area contributed by atoms with Gasteiger partial charge in [-0.15, -0.1) is 0 Å². The number of hydrogen-bond acceptors (Lipinski definition) is 4. The van der Waals surface area contributed by atoms with Crippen molar-refractivity contribution in [3.05, 3.63) is 52.5 Å². The van der Waals surface area contributed by atoms with E-state index in [0.717, 1.165) is 35.6 Å². The molecule has 0 bridgehead atoms. The summed E-state index contributed by atoms with van der Waals surface area (Å²) < 4.78 is 5.67. The van der Waals surface area contributed by atoms with Crippen LogP contribution in [0.25, 0.3) is 0 Å². The van der Waals surface area contributed by atoms with Gasteiger partial charge in [-0.25, -0.2) is 0 Å². The van der Waals surface area contributed by atoms with Gasteiger partial charge in [-0.1, -0.05) is 30.7 Å². The normalized spacial score (nSPS) is 13.9. The van der Waals surface area contributed by atoms with Crippen molar-refractivity contribution in [1.29, 1.82) is 0 Å². The Morgan fingerprint density at radius 2 is 1.70 bits per heavy atom. The van der Waals surface area contributed by atoms with E-state index < -0.39 is 0 Å². The first-order chi connectivity index (χ1) is 14.4. The molecule has 30 heavy (non-hydrogen) atoms. The number of halogens is 1. The summed E-state index contributed by atoms with van der Waals surface area (Å²) in [6, 6.07) is 11.4. The second-order valence-electron chi connectivity index (χ2n) is 7.45. The van der Waals surface area contributed by atoms with E-state index in [4.69, 9.17) is 16.3 Å². The SMILES string of the molecule is CCC(=O)N1CCN(c2ccccc2NC(=O)COc2cc(C)c(Cl)c(C)c2)CC1. The lowest BCUT2D eigenvalue weighted by molar-refractivity contribution is -0.131. The molecule has 2 aromatic carbocycles. The fraction of sp³-hybridized carbons (Fsp3) is 0.391. The number of rotatable bonds is 6. The smallest absolute Gasteiger partial charge is 0.262 e. The maximum absolute atomic E-state index is 12.5. The second-order valence-corrected chi connectivity index (χ2v) is 7.82. The zero-order valence-corrected chi connectivity index (χ0v) is 18.5. The van der Waals surface area contributed by atoms with Crippen LogP contribution in [0.5, 0.6) is 5.75 Å². The molecule has 2 amide bonds. The molecule has 0 aromatic heterocycles. The third kappa shape index (κ3) is 5.25. The van der Waals surface area contributed by atoms with Gasteiger partial charge < -0.3 is 19.9 Å². The zero-order chi connectivity index (χ0) is 21.7. The maximum Gasteiger partial charge on any atom is 0.262 e. The van der Waals surface area contributed by atoms with Crippen LogP contribution in [0.15, 0.2) is 36.4 Å². The van der Waals surface area contributed by atoms with E-state index in [0.29, 0.717) is 30.3 Å². The number of carbonyl (C=O) groups is 2. The Morgan fingerprint density at radius 1 is 1.07 bits per heavy atom. The predicted molar refractivity (Wildman–Crippen MR) is 121 cm³/mol. The van der Waals surface area contributed by atoms with Crippen LogP contribution in [0.1, 0.15) is 24.5 Å². The Balaban J connectivity index is 1.61. The molecule has 1 aliphatic heterocycles. The Bertz CT molecular complexity index is 901. The summed E-state index contributed by atoms with van der Waals surface area (Å²) in [7, 11) is 0. The van der Waals surface area contributed by atoms with Crippen molar-refractivity contribution in [2.75, 3.05) is 43.0 Å². The van der Waals surface area contributed by atoms with Gasteiger partial charge >= 0.3 is 0 Å². The van der Waals surface area contributed by atoms with Crippen molar-refractivity contribution >= 4 is 34.8 Å². The Labute approximate surface area is 182 Å². The van der Waals surface area contributed by atoms with Crippen LogP contribution in [-0.4, -0.2) is 49.5 Å². The maximum atomic E-state index is 12.5. The molecule has 1 aliphatic rings. The van der Waals surface area contributed by atoms with Gasteiger partial charge in [0.05, 0.1) is 11.4 Å². The Hall–Kier alpha value is -2.73. The highest BCUT2D eigenvalue weighted by Crippen LogP contribution is 2.28. The van der Waals surface area contributed by atoms with E-state index in [-0.39, 0.29) is 18.4 Å². The molecule has 3 rings (SSSR count). The van der Waals surface area contributed by atoms with Crippen LogP contribution >= 0.6 is 11.6 Å². The van der Waals surface area contributed by atoms with Gasteiger partial charge in [0.2, 0.25) is 5.91 Å². The average Bonchev–Trinajstić information content (AvgIpc) is 2.76. The minimum atomic E-state index is -0.229. The lowest BCUT2D eigenvalue weighted by Gasteiger charge is -2.36. The van der Waals surface area contributed by atoms with E-state index in [1.165, 1.54) is 0 Å². The van der Waals surface area contributed by atoms with Crippen LogP contribution < -0.4 is 15.0 Å². The first-order valence-electron chi connectivity index (χ1n) is 10.2. The quantitative estimate of drug-likeness (QED) is 0.753. The Kier molecular flexibility index (Phi) is 7.21. The summed E-state index contributed by atoms with van der Waals surface area (Å²) in [5, 5.41) is 3.66. The minimum Gasteiger partial charge on any atom is -0.484 e.